The number of aromatic amines is 1. The van der Waals surface area contributed by atoms with Crippen LogP contribution in [0.15, 0.2) is 18.2 Å². The monoisotopic (exact) mass is 189 g/mol. The molecule has 0 spiro atoms. The molecule has 4 nitrogen and oxygen atoms in total. The maximum atomic E-state index is 10.2. The highest BCUT2D eigenvalue weighted by atomic mass is 16.1. The number of benzene rings is 1. The first-order valence-electron chi connectivity index (χ1n) is 4.52. The van der Waals surface area contributed by atoms with Crippen LogP contribution in [0.2, 0.25) is 0 Å². The van der Waals surface area contributed by atoms with E-state index in [1.807, 2.05) is 25.1 Å². The lowest BCUT2D eigenvalue weighted by Crippen LogP contribution is -1.92. The first kappa shape index (κ1) is 8.74. The molecule has 0 saturated heterocycles. The molecule has 2 rings (SSSR count). The summed E-state index contributed by atoms with van der Waals surface area (Å²) in [6, 6.07) is 5.59. The lowest BCUT2D eigenvalue weighted by molar-refractivity contribution is -0.105. The molecule has 4 heteroatoms. The van der Waals surface area contributed by atoms with Gasteiger partial charge >= 0.3 is 0 Å². The zero-order valence-electron chi connectivity index (χ0n) is 7.87. The van der Waals surface area contributed by atoms with E-state index in [1.165, 1.54) is 0 Å². The minimum Gasteiger partial charge on any atom is -0.342 e. The Morgan fingerprint density at radius 1 is 1.57 bits per heavy atom. The Morgan fingerprint density at radius 2 is 2.43 bits per heavy atom. The molecule has 72 valence electrons. The molecule has 0 atom stereocenters. The Hall–Kier alpha value is -1.84. The molecule has 0 radical (unpaired) electrons. The van der Waals surface area contributed by atoms with Crippen LogP contribution in [-0.2, 0) is 11.2 Å². The van der Waals surface area contributed by atoms with Gasteiger partial charge in [-0.2, -0.15) is 0 Å². The molecule has 1 heterocycles. The SMILES string of the molecule is CCc1nc2ccc(NC=O)cc2[nH]1. The first-order chi connectivity index (χ1) is 6.83. The summed E-state index contributed by atoms with van der Waals surface area (Å²) in [7, 11) is 0. The fourth-order valence-electron chi connectivity index (χ4n) is 1.39. The molecule has 0 aliphatic rings. The van der Waals surface area contributed by atoms with Crippen molar-refractivity contribution in [3.05, 3.63) is 24.0 Å². The molecule has 0 bridgehead atoms. The summed E-state index contributed by atoms with van der Waals surface area (Å²) in [6.07, 6.45) is 1.55. The van der Waals surface area contributed by atoms with Crippen LogP contribution in [0.1, 0.15) is 12.7 Å². The number of aryl methyl sites for hydroxylation is 1. The van der Waals surface area contributed by atoms with Gasteiger partial charge in [0.25, 0.3) is 0 Å². The summed E-state index contributed by atoms with van der Waals surface area (Å²) >= 11 is 0. The number of aromatic nitrogens is 2. The molecule has 0 unspecified atom stereocenters. The summed E-state index contributed by atoms with van der Waals surface area (Å²) in [5, 5.41) is 2.60. The predicted molar refractivity (Wildman–Crippen MR) is 55.2 cm³/mol. The van der Waals surface area contributed by atoms with E-state index >= 15 is 0 Å². The molecule has 0 aliphatic carbocycles. The van der Waals surface area contributed by atoms with Crippen molar-refractivity contribution in [3.63, 3.8) is 0 Å². The average Bonchev–Trinajstić information content (AvgIpc) is 2.60. The highest BCUT2D eigenvalue weighted by Crippen LogP contribution is 2.16. The minimum absolute atomic E-state index is 0.665. The molecule has 2 aromatic rings. The summed E-state index contributed by atoms with van der Waals surface area (Å²) in [5.74, 6) is 0.961. The van der Waals surface area contributed by atoms with E-state index in [4.69, 9.17) is 0 Å². The van der Waals surface area contributed by atoms with Gasteiger partial charge in [0.1, 0.15) is 5.82 Å². The molecule has 1 amide bonds. The van der Waals surface area contributed by atoms with E-state index in [-0.39, 0.29) is 0 Å². The lowest BCUT2D eigenvalue weighted by atomic mass is 10.3. The van der Waals surface area contributed by atoms with Gasteiger partial charge in [-0.3, -0.25) is 4.79 Å². The van der Waals surface area contributed by atoms with Crippen molar-refractivity contribution in [2.24, 2.45) is 0 Å². The smallest absolute Gasteiger partial charge is 0.211 e. The number of fused-ring (bicyclic) bond motifs is 1. The van der Waals surface area contributed by atoms with Crippen molar-refractivity contribution < 1.29 is 4.79 Å². The Balaban J connectivity index is 2.48. The number of rotatable bonds is 3. The van der Waals surface area contributed by atoms with Gasteiger partial charge in [0.15, 0.2) is 0 Å². The van der Waals surface area contributed by atoms with Crippen LogP contribution in [0.4, 0.5) is 5.69 Å². The molecular weight excluding hydrogens is 178 g/mol. The number of carbonyl (C=O) groups is 1. The van der Waals surface area contributed by atoms with E-state index in [1.54, 1.807) is 0 Å². The van der Waals surface area contributed by atoms with E-state index in [9.17, 15) is 4.79 Å². The number of hydrogen-bond donors (Lipinski definition) is 2. The zero-order valence-corrected chi connectivity index (χ0v) is 7.87. The number of carbonyl (C=O) groups excluding carboxylic acids is 1. The highest BCUT2D eigenvalue weighted by molar-refractivity contribution is 5.83. The van der Waals surface area contributed by atoms with E-state index in [0.717, 1.165) is 29.0 Å². The zero-order chi connectivity index (χ0) is 9.97. The van der Waals surface area contributed by atoms with E-state index < -0.39 is 0 Å². The molecule has 1 aromatic carbocycles. The average molecular weight is 189 g/mol. The van der Waals surface area contributed by atoms with Gasteiger partial charge in [-0.05, 0) is 18.2 Å². The largest absolute Gasteiger partial charge is 0.342 e. The second-order valence-electron chi connectivity index (χ2n) is 3.03. The van der Waals surface area contributed by atoms with Gasteiger partial charge in [0, 0.05) is 12.1 Å². The standard InChI is InChI=1S/C10H11N3O/c1-2-10-12-8-4-3-7(11-6-14)5-9(8)13-10/h3-6H,2H2,1H3,(H,11,14)(H,12,13). The number of nitrogens with zero attached hydrogens (tertiary/aromatic N) is 1. The van der Waals surface area contributed by atoms with Gasteiger partial charge < -0.3 is 10.3 Å². The summed E-state index contributed by atoms with van der Waals surface area (Å²) < 4.78 is 0. The maximum absolute atomic E-state index is 10.2. The van der Waals surface area contributed by atoms with Gasteiger partial charge in [0.05, 0.1) is 11.0 Å². The summed E-state index contributed by atoms with van der Waals surface area (Å²) in [6.45, 7) is 2.04. The van der Waals surface area contributed by atoms with E-state index in [2.05, 4.69) is 15.3 Å². The second kappa shape index (κ2) is 3.49. The topological polar surface area (TPSA) is 57.8 Å². The molecule has 1 aromatic heterocycles. The third kappa shape index (κ3) is 1.46. The molecule has 0 aliphatic heterocycles. The fourth-order valence-corrected chi connectivity index (χ4v) is 1.39. The van der Waals surface area contributed by atoms with Crippen LogP contribution in [-0.4, -0.2) is 16.4 Å². The number of H-pyrrole nitrogens is 1. The van der Waals surface area contributed by atoms with Crippen LogP contribution < -0.4 is 5.32 Å². The van der Waals surface area contributed by atoms with Gasteiger partial charge in [-0.15, -0.1) is 0 Å². The molecule has 0 fully saturated rings. The van der Waals surface area contributed by atoms with Crippen molar-refractivity contribution in [1.82, 2.24) is 9.97 Å². The van der Waals surface area contributed by atoms with Crippen molar-refractivity contribution in [2.45, 2.75) is 13.3 Å². The summed E-state index contributed by atoms with van der Waals surface area (Å²) in [4.78, 5) is 17.8. The van der Waals surface area contributed by atoms with Crippen LogP contribution in [0.5, 0.6) is 0 Å². The first-order valence-corrected chi connectivity index (χ1v) is 4.52. The van der Waals surface area contributed by atoms with Crippen LogP contribution in [0.3, 0.4) is 0 Å². The second-order valence-corrected chi connectivity index (χ2v) is 3.03. The fraction of sp³-hybridized carbons (Fsp3) is 0.200. The van der Waals surface area contributed by atoms with Crippen LogP contribution in [0, 0.1) is 0 Å². The summed E-state index contributed by atoms with van der Waals surface area (Å²) in [5.41, 5.74) is 2.66. The lowest BCUT2D eigenvalue weighted by Gasteiger charge is -1.96. The van der Waals surface area contributed by atoms with Crippen molar-refractivity contribution in [1.29, 1.82) is 0 Å². The normalized spacial score (nSPS) is 10.4. The number of hydrogen-bond acceptors (Lipinski definition) is 2. The van der Waals surface area contributed by atoms with Crippen molar-refractivity contribution in [3.8, 4) is 0 Å². The Kier molecular flexibility index (Phi) is 2.18. The van der Waals surface area contributed by atoms with E-state index in [0.29, 0.717) is 6.41 Å². The number of nitrogens with one attached hydrogen (secondary N) is 2. The van der Waals surface area contributed by atoms with Gasteiger partial charge in [0.2, 0.25) is 6.41 Å². The quantitative estimate of drug-likeness (QED) is 0.722. The van der Waals surface area contributed by atoms with Gasteiger partial charge in [-0.25, -0.2) is 4.98 Å². The molecule has 0 saturated carbocycles. The van der Waals surface area contributed by atoms with Crippen molar-refractivity contribution in [2.75, 3.05) is 5.32 Å². The predicted octanol–water partition coefficient (Wildman–Crippen LogP) is 1.69. The number of anilines is 1. The molecule has 14 heavy (non-hydrogen) atoms. The number of imidazole rings is 1. The Morgan fingerprint density at radius 3 is 3.14 bits per heavy atom. The van der Waals surface area contributed by atoms with Gasteiger partial charge in [-0.1, -0.05) is 6.92 Å². The van der Waals surface area contributed by atoms with Crippen molar-refractivity contribution >= 4 is 23.1 Å². The maximum Gasteiger partial charge on any atom is 0.211 e. The molecular formula is C10H11N3O. The minimum atomic E-state index is 0.665. The van der Waals surface area contributed by atoms with Crippen LogP contribution >= 0.6 is 0 Å². The Bertz CT molecular complexity index is 461. The molecule has 2 N–H and O–H groups in total. The third-order valence-corrected chi connectivity index (χ3v) is 2.09. The highest BCUT2D eigenvalue weighted by Gasteiger charge is 2.01. The van der Waals surface area contributed by atoms with Crippen LogP contribution in [0.25, 0.3) is 11.0 Å². The number of amides is 1. The third-order valence-electron chi connectivity index (χ3n) is 2.09. The Labute approximate surface area is 81.3 Å².